The average Bonchev–Trinajstić information content (AvgIpc) is 2.66. The van der Waals surface area contributed by atoms with Crippen molar-refractivity contribution >= 4 is 23.1 Å². The van der Waals surface area contributed by atoms with Crippen LogP contribution in [0.25, 0.3) is 0 Å². The molecule has 0 aromatic heterocycles. The Hall–Kier alpha value is -2.11. The number of rotatable bonds is 7. The van der Waals surface area contributed by atoms with Gasteiger partial charge in [0.15, 0.2) is 5.78 Å². The highest BCUT2D eigenvalue weighted by atomic mass is 35.5. The van der Waals surface area contributed by atoms with Crippen molar-refractivity contribution in [2.45, 2.75) is 44.2 Å². The van der Waals surface area contributed by atoms with Gasteiger partial charge in [0.25, 0.3) is 0 Å². The van der Waals surface area contributed by atoms with E-state index in [1.165, 1.54) is 28.9 Å². The quantitative estimate of drug-likeness (QED) is 0.685. The van der Waals surface area contributed by atoms with Crippen molar-refractivity contribution in [3.05, 3.63) is 58.4 Å². The van der Waals surface area contributed by atoms with Gasteiger partial charge in [-0.2, -0.15) is 0 Å². The Morgan fingerprint density at radius 1 is 1.27 bits per heavy atom. The Labute approximate surface area is 181 Å². The molecule has 30 heavy (non-hydrogen) atoms. The molecule has 2 bridgehead atoms. The Kier molecular flexibility index (Phi) is 4.79. The molecule has 0 radical (unpaired) electrons. The van der Waals surface area contributed by atoms with Crippen molar-refractivity contribution in [1.29, 1.82) is 0 Å². The summed E-state index contributed by atoms with van der Waals surface area (Å²) >= 11 is 5.67. The van der Waals surface area contributed by atoms with Gasteiger partial charge in [-0.3, -0.25) is 4.79 Å². The first-order valence-corrected chi connectivity index (χ1v) is 10.9. The number of nitrogens with zero attached hydrogens (tertiary/aromatic N) is 1. The number of benzene rings is 2. The van der Waals surface area contributed by atoms with Gasteiger partial charge in [-0.05, 0) is 67.5 Å². The Balaban J connectivity index is 1.14. The molecule has 0 unspecified atom stereocenters. The highest BCUT2D eigenvalue weighted by molar-refractivity contribution is 6.30. The molecule has 0 saturated heterocycles. The number of anilines is 1. The predicted octanol–water partition coefficient (Wildman–Crippen LogP) is 4.84. The SMILES string of the molecule is CN1CCc2c(cccc2NC23CC(CC(=O)COc4ccc(Cl)c(F)c4)(C2)C3)C1. The molecule has 4 aliphatic rings. The summed E-state index contributed by atoms with van der Waals surface area (Å²) in [6, 6.07) is 10.8. The van der Waals surface area contributed by atoms with Gasteiger partial charge < -0.3 is 15.0 Å². The van der Waals surface area contributed by atoms with Gasteiger partial charge >= 0.3 is 0 Å². The van der Waals surface area contributed by atoms with E-state index >= 15 is 0 Å². The van der Waals surface area contributed by atoms with Crippen LogP contribution < -0.4 is 10.1 Å². The van der Waals surface area contributed by atoms with Gasteiger partial charge in [0.05, 0.1) is 5.02 Å². The second kappa shape index (κ2) is 7.24. The van der Waals surface area contributed by atoms with Crippen LogP contribution in [0.3, 0.4) is 0 Å². The molecule has 3 fully saturated rings. The maximum atomic E-state index is 13.5. The largest absolute Gasteiger partial charge is 0.486 e. The monoisotopic (exact) mass is 428 g/mol. The lowest BCUT2D eigenvalue weighted by atomic mass is 9.38. The fourth-order valence-electron chi connectivity index (χ4n) is 5.67. The van der Waals surface area contributed by atoms with E-state index in [9.17, 15) is 9.18 Å². The van der Waals surface area contributed by atoms with Crippen molar-refractivity contribution < 1.29 is 13.9 Å². The van der Waals surface area contributed by atoms with Crippen LogP contribution in [-0.4, -0.2) is 36.4 Å². The molecule has 3 aliphatic carbocycles. The third-order valence-electron chi connectivity index (χ3n) is 6.86. The van der Waals surface area contributed by atoms with Gasteiger partial charge in [0.2, 0.25) is 0 Å². The van der Waals surface area contributed by atoms with Crippen molar-refractivity contribution in [2.24, 2.45) is 5.41 Å². The number of ether oxygens (including phenoxy) is 1. The normalized spacial score (nSPS) is 26.9. The molecule has 3 saturated carbocycles. The molecule has 6 rings (SSSR count). The molecule has 0 amide bonds. The zero-order valence-electron chi connectivity index (χ0n) is 17.1. The van der Waals surface area contributed by atoms with Crippen LogP contribution in [-0.2, 0) is 17.8 Å². The first-order valence-electron chi connectivity index (χ1n) is 10.5. The number of likely N-dealkylation sites (N-methyl/N-ethyl adjacent to an activating group) is 1. The van der Waals surface area contributed by atoms with Crippen molar-refractivity contribution in [3.8, 4) is 5.75 Å². The van der Waals surface area contributed by atoms with Crippen molar-refractivity contribution in [1.82, 2.24) is 4.90 Å². The predicted molar refractivity (Wildman–Crippen MR) is 116 cm³/mol. The van der Waals surface area contributed by atoms with E-state index in [4.69, 9.17) is 16.3 Å². The summed E-state index contributed by atoms with van der Waals surface area (Å²) in [5.41, 5.74) is 4.41. The van der Waals surface area contributed by atoms with Gasteiger partial charge in [0, 0.05) is 36.8 Å². The van der Waals surface area contributed by atoms with E-state index in [-0.39, 0.29) is 28.4 Å². The van der Waals surface area contributed by atoms with Gasteiger partial charge in [-0.15, -0.1) is 0 Å². The lowest BCUT2D eigenvalue weighted by Crippen LogP contribution is -2.71. The van der Waals surface area contributed by atoms with E-state index in [1.54, 1.807) is 6.07 Å². The summed E-state index contributed by atoms with van der Waals surface area (Å²) < 4.78 is 18.9. The van der Waals surface area contributed by atoms with E-state index < -0.39 is 5.82 Å². The molecule has 0 spiro atoms. The molecular weight excluding hydrogens is 403 g/mol. The van der Waals surface area contributed by atoms with Crippen LogP contribution in [0, 0.1) is 11.2 Å². The Morgan fingerprint density at radius 3 is 2.83 bits per heavy atom. The van der Waals surface area contributed by atoms with Crippen LogP contribution >= 0.6 is 11.6 Å². The van der Waals surface area contributed by atoms with Crippen LogP contribution in [0.4, 0.5) is 10.1 Å². The molecule has 4 nitrogen and oxygen atoms in total. The maximum Gasteiger partial charge on any atom is 0.170 e. The second-order valence-electron chi connectivity index (χ2n) is 9.45. The van der Waals surface area contributed by atoms with Gasteiger partial charge in [-0.25, -0.2) is 4.39 Å². The minimum absolute atomic E-state index is 0.0248. The zero-order chi connectivity index (χ0) is 20.9. The van der Waals surface area contributed by atoms with E-state index in [0.717, 1.165) is 38.8 Å². The fourth-order valence-corrected chi connectivity index (χ4v) is 5.79. The molecule has 1 N–H and O–H groups in total. The highest BCUT2D eigenvalue weighted by Crippen LogP contribution is 2.70. The van der Waals surface area contributed by atoms with Gasteiger partial charge in [0.1, 0.15) is 18.2 Å². The number of carbonyl (C=O) groups excluding carboxylic acids is 1. The lowest BCUT2D eigenvalue weighted by molar-refractivity contribution is -0.147. The number of Topliss-reactive ketones (excluding diaryl/α,β-unsaturated/α-hetero) is 1. The highest BCUT2D eigenvalue weighted by Gasteiger charge is 2.68. The molecule has 1 aliphatic heterocycles. The van der Waals surface area contributed by atoms with Crippen LogP contribution in [0.5, 0.6) is 5.75 Å². The number of hydrogen-bond acceptors (Lipinski definition) is 4. The molecule has 6 heteroatoms. The molecule has 0 atom stereocenters. The number of carbonyl (C=O) groups is 1. The van der Waals surface area contributed by atoms with E-state index in [1.807, 2.05) is 0 Å². The zero-order valence-corrected chi connectivity index (χ0v) is 17.9. The summed E-state index contributed by atoms with van der Waals surface area (Å²) in [6.07, 6.45) is 4.71. The van der Waals surface area contributed by atoms with E-state index in [2.05, 4.69) is 35.5 Å². The number of fused-ring (bicyclic) bond motifs is 1. The molecule has 158 valence electrons. The van der Waals surface area contributed by atoms with Crippen LogP contribution in [0.15, 0.2) is 36.4 Å². The number of halogens is 2. The van der Waals surface area contributed by atoms with Gasteiger partial charge in [-0.1, -0.05) is 23.7 Å². The smallest absolute Gasteiger partial charge is 0.170 e. The molecule has 2 aromatic rings. The summed E-state index contributed by atoms with van der Waals surface area (Å²) in [5, 5.41) is 3.86. The topological polar surface area (TPSA) is 41.6 Å². The standard InChI is InChI=1S/C24H26ClFN2O2/c1-28-8-7-19-16(11-28)3-2-4-22(19)27-24-13-23(14-24,15-24)10-17(29)12-30-18-5-6-20(25)21(26)9-18/h2-6,9,27H,7-8,10-15H2,1H3. The fraction of sp³-hybridized carbons (Fsp3) is 0.458. The number of hydrogen-bond donors (Lipinski definition) is 1. The second-order valence-corrected chi connectivity index (χ2v) is 9.85. The first-order chi connectivity index (χ1) is 14.4. The minimum atomic E-state index is -0.538. The summed E-state index contributed by atoms with van der Waals surface area (Å²) in [5.74, 6) is -0.136. The summed E-state index contributed by atoms with van der Waals surface area (Å²) in [7, 11) is 2.16. The first kappa shape index (κ1) is 19.8. The Morgan fingerprint density at radius 2 is 2.07 bits per heavy atom. The van der Waals surface area contributed by atoms with Crippen molar-refractivity contribution in [2.75, 3.05) is 25.5 Å². The summed E-state index contributed by atoms with van der Waals surface area (Å²) in [6.45, 7) is 2.07. The minimum Gasteiger partial charge on any atom is -0.486 e. The molecule has 1 heterocycles. The van der Waals surface area contributed by atoms with Crippen molar-refractivity contribution in [3.63, 3.8) is 0 Å². The number of ketones is 1. The number of nitrogens with one attached hydrogen (secondary N) is 1. The summed E-state index contributed by atoms with van der Waals surface area (Å²) in [4.78, 5) is 14.8. The maximum absolute atomic E-state index is 13.5. The van der Waals surface area contributed by atoms with Crippen LogP contribution in [0.2, 0.25) is 5.02 Å². The third kappa shape index (κ3) is 3.58. The van der Waals surface area contributed by atoms with E-state index in [0.29, 0.717) is 12.2 Å². The lowest BCUT2D eigenvalue weighted by Gasteiger charge is -2.71. The third-order valence-corrected chi connectivity index (χ3v) is 7.17. The average molecular weight is 429 g/mol. The Bertz CT molecular complexity index is 989. The molecular formula is C24H26ClFN2O2. The molecule has 2 aromatic carbocycles. The van der Waals surface area contributed by atoms with Crippen LogP contribution in [0.1, 0.15) is 36.8 Å².